The maximum absolute atomic E-state index is 12.6. The van der Waals surface area contributed by atoms with Crippen molar-refractivity contribution < 1.29 is 4.79 Å². The average molecular weight is 296 g/mol. The van der Waals surface area contributed by atoms with Crippen LogP contribution in [0.1, 0.15) is 43.3 Å². The van der Waals surface area contributed by atoms with E-state index >= 15 is 0 Å². The van der Waals surface area contributed by atoms with E-state index in [1.165, 1.54) is 17.8 Å². The van der Waals surface area contributed by atoms with Crippen LogP contribution in [0.25, 0.3) is 0 Å². The fraction of sp³-hybridized carbons (Fsp3) is 0.714. The highest BCUT2D eigenvalue weighted by Crippen LogP contribution is 2.33. The summed E-state index contributed by atoms with van der Waals surface area (Å²) in [4.78, 5) is 21.4. The van der Waals surface area contributed by atoms with Crippen LogP contribution in [0.4, 0.5) is 10.9 Å². The van der Waals surface area contributed by atoms with Crippen molar-refractivity contribution in [3.05, 3.63) is 4.88 Å². The van der Waals surface area contributed by atoms with Crippen molar-refractivity contribution in [1.29, 1.82) is 0 Å². The largest absolute Gasteiger partial charge is 0.382 e. The molecular formula is C14H24N4OS. The molecule has 1 aliphatic rings. The molecule has 20 heavy (non-hydrogen) atoms. The second kappa shape index (κ2) is 5.60. The van der Waals surface area contributed by atoms with Crippen molar-refractivity contribution in [2.45, 2.75) is 33.6 Å². The molecule has 112 valence electrons. The fourth-order valence-corrected chi connectivity index (χ4v) is 3.49. The van der Waals surface area contributed by atoms with Crippen molar-refractivity contribution in [2.24, 2.45) is 5.41 Å². The zero-order chi connectivity index (χ0) is 14.9. The van der Waals surface area contributed by atoms with Crippen LogP contribution < -0.4 is 10.6 Å². The standard InChI is InChI=1S/C14H24N4OS/c1-5-17(4)13-16-11(15)10(20-13)12(19)18-8-6-7-14(2,3)9-18/h5-9,15H2,1-4H3. The van der Waals surface area contributed by atoms with Gasteiger partial charge >= 0.3 is 0 Å². The molecule has 0 aliphatic carbocycles. The minimum Gasteiger partial charge on any atom is -0.382 e. The Morgan fingerprint density at radius 2 is 2.25 bits per heavy atom. The number of aromatic nitrogens is 1. The van der Waals surface area contributed by atoms with Crippen molar-refractivity contribution in [3.8, 4) is 0 Å². The molecule has 2 N–H and O–H groups in total. The smallest absolute Gasteiger partial charge is 0.267 e. The van der Waals surface area contributed by atoms with Crippen molar-refractivity contribution in [2.75, 3.05) is 37.3 Å². The number of hydrogen-bond acceptors (Lipinski definition) is 5. The van der Waals surface area contributed by atoms with Gasteiger partial charge in [0, 0.05) is 26.7 Å². The van der Waals surface area contributed by atoms with Crippen LogP contribution in [-0.4, -0.2) is 42.5 Å². The molecule has 1 amide bonds. The second-order valence-electron chi connectivity index (χ2n) is 6.22. The number of nitrogens with two attached hydrogens (primary N) is 1. The van der Waals surface area contributed by atoms with Gasteiger partial charge in [-0.15, -0.1) is 0 Å². The van der Waals surface area contributed by atoms with E-state index in [0.717, 1.165) is 31.2 Å². The van der Waals surface area contributed by atoms with E-state index in [0.29, 0.717) is 10.7 Å². The number of rotatable bonds is 3. The lowest BCUT2D eigenvalue weighted by Crippen LogP contribution is -2.43. The Hall–Kier alpha value is -1.30. The topological polar surface area (TPSA) is 62.5 Å². The quantitative estimate of drug-likeness (QED) is 0.930. The summed E-state index contributed by atoms with van der Waals surface area (Å²) >= 11 is 1.39. The molecule has 0 atom stereocenters. The molecule has 0 unspecified atom stereocenters. The third kappa shape index (κ3) is 3.06. The van der Waals surface area contributed by atoms with Gasteiger partial charge in [-0.3, -0.25) is 4.79 Å². The highest BCUT2D eigenvalue weighted by molar-refractivity contribution is 7.18. The summed E-state index contributed by atoms with van der Waals surface area (Å²) < 4.78 is 0. The van der Waals surface area contributed by atoms with Crippen LogP contribution in [0.5, 0.6) is 0 Å². The molecule has 1 aromatic heterocycles. The van der Waals surface area contributed by atoms with Gasteiger partial charge < -0.3 is 15.5 Å². The first-order valence-corrected chi connectivity index (χ1v) is 7.92. The predicted molar refractivity (Wildman–Crippen MR) is 84.4 cm³/mol. The highest BCUT2D eigenvalue weighted by atomic mass is 32.1. The zero-order valence-corrected chi connectivity index (χ0v) is 13.6. The van der Waals surface area contributed by atoms with Crippen molar-refractivity contribution >= 4 is 28.2 Å². The van der Waals surface area contributed by atoms with Gasteiger partial charge in [-0.05, 0) is 25.2 Å². The number of likely N-dealkylation sites (tertiary alicyclic amines) is 1. The SMILES string of the molecule is CCN(C)c1nc(N)c(C(=O)N2CCCC(C)(C)C2)s1. The molecular weight excluding hydrogens is 272 g/mol. The third-order valence-corrected chi connectivity index (χ3v) is 5.00. The zero-order valence-electron chi connectivity index (χ0n) is 12.8. The summed E-state index contributed by atoms with van der Waals surface area (Å²) in [6, 6.07) is 0. The summed E-state index contributed by atoms with van der Waals surface area (Å²) in [6.07, 6.45) is 2.22. The van der Waals surface area contributed by atoms with Gasteiger partial charge in [0.05, 0.1) is 0 Å². The van der Waals surface area contributed by atoms with Gasteiger partial charge in [-0.25, -0.2) is 4.98 Å². The summed E-state index contributed by atoms with van der Waals surface area (Å²) in [5.41, 5.74) is 6.13. The lowest BCUT2D eigenvalue weighted by Gasteiger charge is -2.37. The van der Waals surface area contributed by atoms with Gasteiger partial charge in [-0.2, -0.15) is 0 Å². The van der Waals surface area contributed by atoms with Gasteiger partial charge in [-0.1, -0.05) is 25.2 Å². The summed E-state index contributed by atoms with van der Waals surface area (Å²) in [6.45, 7) is 8.92. The first-order chi connectivity index (χ1) is 9.34. The molecule has 6 heteroatoms. The highest BCUT2D eigenvalue weighted by Gasteiger charge is 2.31. The van der Waals surface area contributed by atoms with Crippen LogP contribution in [0.3, 0.4) is 0 Å². The molecule has 2 rings (SSSR count). The van der Waals surface area contributed by atoms with Crippen LogP contribution in [0.2, 0.25) is 0 Å². The van der Waals surface area contributed by atoms with Crippen molar-refractivity contribution in [3.63, 3.8) is 0 Å². The lowest BCUT2D eigenvalue weighted by molar-refractivity contribution is 0.0589. The van der Waals surface area contributed by atoms with Crippen molar-refractivity contribution in [1.82, 2.24) is 9.88 Å². The maximum Gasteiger partial charge on any atom is 0.267 e. The van der Waals surface area contributed by atoms with E-state index in [1.807, 2.05) is 23.8 Å². The lowest BCUT2D eigenvalue weighted by atomic mass is 9.84. The number of thiazole rings is 1. The summed E-state index contributed by atoms with van der Waals surface area (Å²) in [5, 5.41) is 0.810. The first-order valence-electron chi connectivity index (χ1n) is 7.11. The Bertz CT molecular complexity index is 497. The van der Waals surface area contributed by atoms with E-state index in [-0.39, 0.29) is 11.3 Å². The molecule has 0 radical (unpaired) electrons. The number of anilines is 2. The molecule has 1 aliphatic heterocycles. The molecule has 0 aromatic carbocycles. The maximum atomic E-state index is 12.6. The van der Waals surface area contributed by atoms with E-state index < -0.39 is 0 Å². The third-order valence-electron chi connectivity index (χ3n) is 3.82. The Labute approximate surface area is 124 Å². The number of nitrogen functional groups attached to an aromatic ring is 1. The number of hydrogen-bond donors (Lipinski definition) is 1. The second-order valence-corrected chi connectivity index (χ2v) is 7.20. The van der Waals surface area contributed by atoms with E-state index in [9.17, 15) is 4.79 Å². The molecule has 1 aromatic rings. The van der Waals surface area contributed by atoms with Crippen LogP contribution in [0.15, 0.2) is 0 Å². The van der Waals surface area contributed by atoms with E-state index in [1.54, 1.807) is 0 Å². The van der Waals surface area contributed by atoms with Gasteiger partial charge in [0.1, 0.15) is 10.7 Å². The molecule has 1 saturated heterocycles. The fourth-order valence-electron chi connectivity index (χ4n) is 2.51. The number of carbonyl (C=O) groups is 1. The van der Waals surface area contributed by atoms with Gasteiger partial charge in [0.15, 0.2) is 5.13 Å². The molecule has 0 bridgehead atoms. The number of nitrogens with zero attached hydrogens (tertiary/aromatic N) is 3. The number of carbonyl (C=O) groups excluding carboxylic acids is 1. The van der Waals surface area contributed by atoms with Crippen LogP contribution in [-0.2, 0) is 0 Å². The number of piperidine rings is 1. The normalized spacial score (nSPS) is 18.1. The Morgan fingerprint density at radius 1 is 1.55 bits per heavy atom. The van der Waals surface area contributed by atoms with E-state index in [4.69, 9.17) is 5.73 Å². The van der Waals surface area contributed by atoms with E-state index in [2.05, 4.69) is 18.8 Å². The molecule has 2 heterocycles. The van der Waals surface area contributed by atoms with Crippen LogP contribution in [0, 0.1) is 5.41 Å². The Morgan fingerprint density at radius 3 is 2.85 bits per heavy atom. The minimum absolute atomic E-state index is 0.0310. The average Bonchev–Trinajstić information content (AvgIpc) is 2.78. The molecule has 0 saturated carbocycles. The first kappa shape index (κ1) is 15.1. The Balaban J connectivity index is 2.19. The molecule has 5 nitrogen and oxygen atoms in total. The predicted octanol–water partition coefficient (Wildman–Crippen LogP) is 2.44. The molecule has 1 fully saturated rings. The minimum atomic E-state index is 0.0310. The summed E-state index contributed by atoms with van der Waals surface area (Å²) in [5.74, 6) is 0.391. The monoisotopic (exact) mass is 296 g/mol. The van der Waals surface area contributed by atoms with Gasteiger partial charge in [0.2, 0.25) is 0 Å². The Kier molecular flexibility index (Phi) is 4.22. The van der Waals surface area contributed by atoms with Gasteiger partial charge in [0.25, 0.3) is 5.91 Å². The van der Waals surface area contributed by atoms with Crippen LogP contribution >= 0.6 is 11.3 Å². The summed E-state index contributed by atoms with van der Waals surface area (Å²) in [7, 11) is 1.95. The molecule has 0 spiro atoms. The number of amides is 1.